The van der Waals surface area contributed by atoms with E-state index in [2.05, 4.69) is 27.4 Å². The highest BCUT2D eigenvalue weighted by Gasteiger charge is 2.39. The number of hydrogen-bond donors (Lipinski definition) is 5. The number of aromatic nitrogens is 1. The van der Waals surface area contributed by atoms with Gasteiger partial charge in [-0.2, -0.15) is 0 Å². The van der Waals surface area contributed by atoms with E-state index in [1.165, 1.54) is 11.8 Å². The van der Waals surface area contributed by atoms with Crippen molar-refractivity contribution in [2.24, 2.45) is 23.0 Å². The number of ether oxygens (including phenoxy) is 1. The molecule has 1 aromatic carbocycles. The van der Waals surface area contributed by atoms with Gasteiger partial charge in [-0.1, -0.05) is 78.9 Å². The molecule has 1 aliphatic heterocycles. The van der Waals surface area contributed by atoms with Crippen LogP contribution in [0.2, 0.25) is 0 Å². The Labute approximate surface area is 390 Å². The molecule has 1 saturated heterocycles. The smallest absolute Gasteiger partial charge is 0.309 e. The Hall–Kier alpha value is -4.45. The van der Waals surface area contributed by atoms with E-state index >= 15 is 0 Å². The van der Waals surface area contributed by atoms with Crippen molar-refractivity contribution in [3.05, 3.63) is 45.9 Å². The summed E-state index contributed by atoms with van der Waals surface area (Å²) >= 11 is 1.16. The lowest BCUT2D eigenvalue weighted by Crippen LogP contribution is -2.59. The molecule has 1 aromatic heterocycles. The average molecular weight is 928 g/mol. The van der Waals surface area contributed by atoms with Crippen molar-refractivity contribution in [2.75, 3.05) is 44.7 Å². The van der Waals surface area contributed by atoms with Gasteiger partial charge in [-0.15, -0.1) is 11.3 Å². The zero-order valence-corrected chi connectivity index (χ0v) is 41.1. The molecule has 6 N–H and O–H groups in total. The molecular formula is C48H77N7O9S. The number of carboxylic acid groups (broad SMARTS) is 1. The summed E-state index contributed by atoms with van der Waals surface area (Å²) in [5, 5.41) is 27.6. The van der Waals surface area contributed by atoms with Gasteiger partial charge in [0.2, 0.25) is 17.7 Å². The number of piperidine rings is 1. The number of esters is 1. The van der Waals surface area contributed by atoms with E-state index in [1.807, 2.05) is 39.6 Å². The van der Waals surface area contributed by atoms with E-state index in [4.69, 9.17) is 10.5 Å². The largest absolute Gasteiger partial charge is 0.481 e. The number of carboxylic acids is 1. The van der Waals surface area contributed by atoms with E-state index < -0.39 is 47.5 Å². The molecule has 0 bridgehead atoms. The van der Waals surface area contributed by atoms with Crippen LogP contribution in [0.25, 0.3) is 0 Å². The number of unbranched alkanes of at least 4 members (excludes halogenated alkanes) is 3. The van der Waals surface area contributed by atoms with Crippen molar-refractivity contribution in [3.8, 4) is 0 Å². The Balaban J connectivity index is 1.95. The maximum atomic E-state index is 14.9. The van der Waals surface area contributed by atoms with Gasteiger partial charge in [0.05, 0.1) is 24.6 Å². The Morgan fingerprint density at radius 1 is 1.02 bits per heavy atom. The number of hydrogen-bond acceptors (Lipinski definition) is 12. The molecule has 1 unspecified atom stereocenters. The summed E-state index contributed by atoms with van der Waals surface area (Å²) in [6, 6.07) is 4.84. The molecule has 2 heterocycles. The highest BCUT2D eigenvalue weighted by molar-refractivity contribution is 7.09. The van der Waals surface area contributed by atoms with E-state index in [-0.39, 0.29) is 80.3 Å². The monoisotopic (exact) mass is 928 g/mol. The van der Waals surface area contributed by atoms with E-state index in [0.717, 1.165) is 68.4 Å². The fourth-order valence-electron chi connectivity index (χ4n) is 8.43. The van der Waals surface area contributed by atoms with E-state index in [0.29, 0.717) is 23.7 Å². The van der Waals surface area contributed by atoms with Crippen LogP contribution in [0.3, 0.4) is 0 Å². The number of carbonyl (C=O) groups is 6. The number of aliphatic carboxylic acids is 1. The Morgan fingerprint density at radius 2 is 1.71 bits per heavy atom. The molecule has 17 heteroatoms. The quantitative estimate of drug-likeness (QED) is 0.0537. The van der Waals surface area contributed by atoms with Crippen LogP contribution in [0, 0.1) is 17.3 Å². The fraction of sp³-hybridized carbons (Fsp3) is 0.688. The zero-order valence-electron chi connectivity index (χ0n) is 40.3. The first kappa shape index (κ1) is 54.9. The van der Waals surface area contributed by atoms with Gasteiger partial charge in [-0.3, -0.25) is 33.7 Å². The first-order chi connectivity index (χ1) is 30.8. The van der Waals surface area contributed by atoms with Crippen molar-refractivity contribution >= 4 is 52.6 Å². The number of nitrogens with one attached hydrogen (secondary N) is 2. The molecule has 65 heavy (non-hydrogen) atoms. The molecule has 0 radical (unpaired) electrons. The average Bonchev–Trinajstić information content (AvgIpc) is 3.76. The molecular weight excluding hydrogens is 851 g/mol. The van der Waals surface area contributed by atoms with Crippen molar-refractivity contribution < 1.29 is 43.7 Å². The molecule has 16 nitrogen and oxygen atoms in total. The maximum absolute atomic E-state index is 14.9. The van der Waals surface area contributed by atoms with Crippen LogP contribution < -0.4 is 21.3 Å². The normalized spacial score (nSPS) is 16.8. The maximum Gasteiger partial charge on any atom is 0.309 e. The number of likely N-dealkylation sites (tertiary alicyclic amines) is 1. The highest BCUT2D eigenvalue weighted by atomic mass is 32.1. The number of likely N-dealkylation sites (N-methyl/N-ethyl adjacent to an activating group) is 1. The fourth-order valence-corrected chi connectivity index (χ4v) is 9.26. The topological polar surface area (TPSA) is 225 Å². The minimum Gasteiger partial charge on any atom is -0.481 e. The van der Waals surface area contributed by atoms with Crippen molar-refractivity contribution in [3.63, 3.8) is 0 Å². The molecule has 6 atom stereocenters. The highest BCUT2D eigenvalue weighted by Crippen LogP contribution is 2.33. The van der Waals surface area contributed by atoms with Gasteiger partial charge in [0.1, 0.15) is 16.7 Å². The summed E-state index contributed by atoms with van der Waals surface area (Å²) in [5.41, 5.74) is 5.75. The third-order valence-electron chi connectivity index (χ3n) is 12.5. The first-order valence-corrected chi connectivity index (χ1v) is 24.3. The number of carbonyl (C=O) groups excluding carboxylic acids is 5. The van der Waals surface area contributed by atoms with Gasteiger partial charge in [-0.05, 0) is 89.1 Å². The predicted molar refractivity (Wildman–Crippen MR) is 253 cm³/mol. The van der Waals surface area contributed by atoms with Crippen LogP contribution >= 0.6 is 11.3 Å². The minimum absolute atomic E-state index is 0.0661. The molecule has 2 aromatic rings. The number of rotatable bonds is 27. The Bertz CT molecular complexity index is 1860. The molecule has 364 valence electrons. The predicted octanol–water partition coefficient (Wildman–Crippen LogP) is 5.71. The van der Waals surface area contributed by atoms with Gasteiger partial charge in [0.15, 0.2) is 6.10 Å². The van der Waals surface area contributed by atoms with Crippen molar-refractivity contribution in [1.29, 1.82) is 0 Å². The van der Waals surface area contributed by atoms with Crippen molar-refractivity contribution in [2.45, 2.75) is 156 Å². The Morgan fingerprint density at radius 3 is 2.28 bits per heavy atom. The number of nitrogens with two attached hydrogens (primary N) is 1. The van der Waals surface area contributed by atoms with Gasteiger partial charge in [0.25, 0.3) is 5.91 Å². The number of amides is 4. The SMILES string of the molecule is CCCCCCN(C(=O)[C@@H](NC(=O)[C@H]1CCCCN1C)[C@@H](C)CC)[C@H](CC(OC(C)=O)c1nc(C(=O)N[C@@H](Cc2ccc(N(CCO)C(=O)CN)cc2)CC(C)(C)C(=O)O)cs1)C(C)C. The minimum atomic E-state index is -1.20. The number of aliphatic hydroxyl groups excluding tert-OH is 1. The van der Waals surface area contributed by atoms with Crippen LogP contribution in [0.15, 0.2) is 29.6 Å². The molecule has 1 aliphatic rings. The van der Waals surface area contributed by atoms with Gasteiger partial charge in [-0.25, -0.2) is 4.98 Å². The lowest BCUT2D eigenvalue weighted by atomic mass is 9.84. The zero-order chi connectivity index (χ0) is 48.4. The molecule has 1 fully saturated rings. The van der Waals surface area contributed by atoms with Gasteiger partial charge in [0, 0.05) is 49.6 Å². The number of thiazole rings is 1. The van der Waals surface area contributed by atoms with Crippen LogP contribution in [0.4, 0.5) is 5.69 Å². The van der Waals surface area contributed by atoms with E-state index in [9.17, 15) is 39.0 Å². The summed E-state index contributed by atoms with van der Waals surface area (Å²) in [6.45, 7) is 15.5. The summed E-state index contributed by atoms with van der Waals surface area (Å²) < 4.78 is 5.94. The first-order valence-electron chi connectivity index (χ1n) is 23.5. The van der Waals surface area contributed by atoms with Crippen LogP contribution in [-0.4, -0.2) is 125 Å². The molecule has 0 spiro atoms. The summed E-state index contributed by atoms with van der Waals surface area (Å²) in [6.07, 6.45) is 6.74. The van der Waals surface area contributed by atoms with Gasteiger partial charge >= 0.3 is 11.9 Å². The number of benzene rings is 1. The van der Waals surface area contributed by atoms with Gasteiger partial charge < -0.3 is 41.1 Å². The molecule has 0 saturated carbocycles. The summed E-state index contributed by atoms with van der Waals surface area (Å²) in [5.74, 6) is -3.01. The third-order valence-corrected chi connectivity index (χ3v) is 13.5. The lowest BCUT2D eigenvalue weighted by molar-refractivity contribution is -0.150. The standard InChI is InChI=1S/C48H77N7O9S/c1-10-12-13-15-23-55(46(61)42(32(5)11-2)52-44(60)38-17-14-16-22-53(38)9)39(31(3)4)27-40(64-33(6)57)45-51-37(30-65-45)43(59)50-35(28-48(7,8)47(62)63)26-34-18-20-36(21-19-34)54(24-25-56)41(58)29-49/h18-21,30-32,35,38-40,42,56H,10-17,22-29,49H2,1-9H3,(H,50,59)(H,52,60)(H,62,63)/t32-,35-,38+,39+,40?,42-/m0/s1. The van der Waals surface area contributed by atoms with Crippen LogP contribution in [0.1, 0.15) is 147 Å². The number of anilines is 1. The Kier molecular flexibility index (Phi) is 22.5. The van der Waals surface area contributed by atoms with E-state index in [1.54, 1.807) is 43.5 Å². The molecule has 0 aliphatic carbocycles. The molecule has 4 amide bonds. The van der Waals surface area contributed by atoms with Crippen molar-refractivity contribution in [1.82, 2.24) is 25.4 Å². The summed E-state index contributed by atoms with van der Waals surface area (Å²) in [7, 11) is 1.95. The lowest BCUT2D eigenvalue weighted by Gasteiger charge is -2.40. The number of aliphatic hydroxyl groups is 1. The number of nitrogens with zero attached hydrogens (tertiary/aromatic N) is 4. The summed E-state index contributed by atoms with van der Waals surface area (Å²) in [4.78, 5) is 90.1. The second kappa shape index (κ2) is 26.6. The second-order valence-corrected chi connectivity index (χ2v) is 19.5. The van der Waals surface area contributed by atoms with Crippen LogP contribution in [-0.2, 0) is 35.1 Å². The molecule has 3 rings (SSSR count). The second-order valence-electron chi connectivity index (χ2n) is 18.6. The third kappa shape index (κ3) is 16.4. The van der Waals surface area contributed by atoms with Crippen LogP contribution in [0.5, 0.6) is 0 Å².